The van der Waals surface area contributed by atoms with Crippen molar-refractivity contribution in [3.63, 3.8) is 0 Å². The largest absolute Gasteiger partial charge is 0.506 e. The molecule has 20 heavy (non-hydrogen) atoms. The van der Waals surface area contributed by atoms with E-state index in [9.17, 15) is 9.90 Å². The van der Waals surface area contributed by atoms with Gasteiger partial charge in [-0.05, 0) is 24.6 Å². The highest BCUT2D eigenvalue weighted by molar-refractivity contribution is 6.03. The highest BCUT2D eigenvalue weighted by atomic mass is 16.3. The van der Waals surface area contributed by atoms with E-state index in [0.29, 0.717) is 5.69 Å². The Morgan fingerprint density at radius 1 is 1.50 bits per heavy atom. The third-order valence-corrected chi connectivity index (χ3v) is 3.28. The number of phenols is 1. The number of aromatic hydroxyl groups is 1. The molecule has 0 radical (unpaired) electrons. The number of aryl methyl sites for hydroxylation is 1. The molecule has 7 nitrogen and oxygen atoms in total. The van der Waals surface area contributed by atoms with Crippen LogP contribution in [0, 0.1) is 6.92 Å². The molecule has 104 valence electrons. The van der Waals surface area contributed by atoms with Gasteiger partial charge >= 0.3 is 0 Å². The van der Waals surface area contributed by atoms with Gasteiger partial charge in [0.25, 0.3) is 5.91 Å². The maximum absolute atomic E-state index is 12.1. The number of aromatic nitrogens is 3. The molecule has 0 atom stereocenters. The summed E-state index contributed by atoms with van der Waals surface area (Å²) < 4.78 is 1.68. The Morgan fingerprint density at radius 3 is 3.00 bits per heavy atom. The first kappa shape index (κ1) is 12.6. The molecular formula is C13H15N5O2. The first-order valence-corrected chi connectivity index (χ1v) is 6.37. The molecule has 0 spiro atoms. The Kier molecular flexibility index (Phi) is 3.11. The topological polar surface area (TPSA) is 92.1 Å². The van der Waals surface area contributed by atoms with Crippen molar-refractivity contribution in [2.24, 2.45) is 0 Å². The predicted molar refractivity (Wildman–Crippen MR) is 72.7 cm³/mol. The molecular weight excluding hydrogens is 258 g/mol. The van der Waals surface area contributed by atoms with E-state index in [0.717, 1.165) is 18.7 Å². The van der Waals surface area contributed by atoms with Gasteiger partial charge in [-0.3, -0.25) is 4.79 Å². The third kappa shape index (κ3) is 2.35. The molecule has 1 aromatic carbocycles. The standard InChI is InChI=1S/C13H15N5O2/c1-8-2-3-12(19)10(4-8)15-13(20)11-7-18(17-16-11)9-5-14-6-9/h2-4,7,9,14,19H,5-6H2,1H3,(H,15,20). The van der Waals surface area contributed by atoms with Crippen molar-refractivity contribution in [1.29, 1.82) is 0 Å². The maximum atomic E-state index is 12.1. The lowest BCUT2D eigenvalue weighted by Crippen LogP contribution is -2.43. The molecule has 1 amide bonds. The van der Waals surface area contributed by atoms with Crippen molar-refractivity contribution < 1.29 is 9.90 Å². The number of nitrogens with zero attached hydrogens (tertiary/aromatic N) is 3. The van der Waals surface area contributed by atoms with Crippen LogP contribution in [0.15, 0.2) is 24.4 Å². The number of phenolic OH excluding ortho intramolecular Hbond substituents is 1. The van der Waals surface area contributed by atoms with Gasteiger partial charge in [-0.15, -0.1) is 5.10 Å². The van der Waals surface area contributed by atoms with Gasteiger partial charge in [-0.25, -0.2) is 4.68 Å². The van der Waals surface area contributed by atoms with Crippen LogP contribution in [0.2, 0.25) is 0 Å². The van der Waals surface area contributed by atoms with Crippen LogP contribution < -0.4 is 10.6 Å². The number of carbonyl (C=O) groups excluding carboxylic acids is 1. The average molecular weight is 273 g/mol. The fourth-order valence-electron chi connectivity index (χ4n) is 1.96. The fourth-order valence-corrected chi connectivity index (χ4v) is 1.96. The summed E-state index contributed by atoms with van der Waals surface area (Å²) in [6, 6.07) is 5.27. The van der Waals surface area contributed by atoms with E-state index < -0.39 is 0 Å². The summed E-state index contributed by atoms with van der Waals surface area (Å²) in [5, 5.41) is 23.3. The molecule has 3 rings (SSSR count). The maximum Gasteiger partial charge on any atom is 0.277 e. The summed E-state index contributed by atoms with van der Waals surface area (Å²) in [6.45, 7) is 3.56. The molecule has 0 unspecified atom stereocenters. The summed E-state index contributed by atoms with van der Waals surface area (Å²) in [5.74, 6) is -0.357. The number of anilines is 1. The van der Waals surface area contributed by atoms with Gasteiger partial charge in [0.2, 0.25) is 0 Å². The van der Waals surface area contributed by atoms with E-state index in [1.807, 2.05) is 6.92 Å². The second-order valence-corrected chi connectivity index (χ2v) is 4.87. The highest BCUT2D eigenvalue weighted by Gasteiger charge is 2.21. The number of rotatable bonds is 3. The molecule has 2 heterocycles. The van der Waals surface area contributed by atoms with E-state index in [2.05, 4.69) is 20.9 Å². The van der Waals surface area contributed by atoms with Crippen LogP contribution in [0.4, 0.5) is 5.69 Å². The number of carbonyl (C=O) groups is 1. The second kappa shape index (κ2) is 4.93. The Bertz CT molecular complexity index is 648. The molecule has 1 aliphatic heterocycles. The smallest absolute Gasteiger partial charge is 0.277 e. The van der Waals surface area contributed by atoms with Crippen molar-refractivity contribution in [2.75, 3.05) is 18.4 Å². The van der Waals surface area contributed by atoms with Crippen LogP contribution in [-0.2, 0) is 0 Å². The number of amides is 1. The van der Waals surface area contributed by atoms with Crippen molar-refractivity contribution in [3.8, 4) is 5.75 Å². The minimum atomic E-state index is -0.385. The average Bonchev–Trinajstić information content (AvgIpc) is 2.81. The van der Waals surface area contributed by atoms with Gasteiger partial charge in [0.1, 0.15) is 5.75 Å². The Balaban J connectivity index is 1.75. The van der Waals surface area contributed by atoms with Crippen LogP contribution in [0.25, 0.3) is 0 Å². The number of benzene rings is 1. The van der Waals surface area contributed by atoms with Crippen molar-refractivity contribution in [3.05, 3.63) is 35.7 Å². The lowest BCUT2D eigenvalue weighted by atomic mass is 10.2. The lowest BCUT2D eigenvalue weighted by molar-refractivity contribution is 0.102. The molecule has 1 aromatic heterocycles. The summed E-state index contributed by atoms with van der Waals surface area (Å²) >= 11 is 0. The Morgan fingerprint density at radius 2 is 2.30 bits per heavy atom. The first-order valence-electron chi connectivity index (χ1n) is 6.37. The SMILES string of the molecule is Cc1ccc(O)c(NC(=O)c2cn(C3CNC3)nn2)c1. The predicted octanol–water partition coefficient (Wildman–Crippen LogP) is 0.689. The van der Waals surface area contributed by atoms with E-state index in [-0.39, 0.29) is 23.4 Å². The van der Waals surface area contributed by atoms with Gasteiger partial charge in [-0.1, -0.05) is 11.3 Å². The normalized spacial score (nSPS) is 14.8. The Labute approximate surface area is 115 Å². The fraction of sp³-hybridized carbons (Fsp3) is 0.308. The quantitative estimate of drug-likeness (QED) is 0.716. The zero-order valence-electron chi connectivity index (χ0n) is 11.0. The highest BCUT2D eigenvalue weighted by Crippen LogP contribution is 2.24. The van der Waals surface area contributed by atoms with Crippen LogP contribution in [-0.4, -0.2) is 39.1 Å². The molecule has 1 saturated heterocycles. The molecule has 0 bridgehead atoms. The van der Waals surface area contributed by atoms with Crippen molar-refractivity contribution >= 4 is 11.6 Å². The minimum absolute atomic E-state index is 0.0273. The zero-order valence-corrected chi connectivity index (χ0v) is 11.0. The van der Waals surface area contributed by atoms with E-state index in [1.54, 1.807) is 29.1 Å². The molecule has 2 aromatic rings. The molecule has 1 fully saturated rings. The lowest BCUT2D eigenvalue weighted by Gasteiger charge is -2.26. The molecule has 0 aliphatic carbocycles. The number of nitrogens with one attached hydrogen (secondary N) is 2. The molecule has 0 saturated carbocycles. The van der Waals surface area contributed by atoms with Crippen LogP contribution in [0.3, 0.4) is 0 Å². The van der Waals surface area contributed by atoms with Crippen LogP contribution >= 0.6 is 0 Å². The summed E-state index contributed by atoms with van der Waals surface area (Å²) in [4.78, 5) is 12.1. The molecule has 1 aliphatic rings. The van der Waals surface area contributed by atoms with Gasteiger partial charge in [0, 0.05) is 13.1 Å². The number of hydrogen-bond acceptors (Lipinski definition) is 5. The third-order valence-electron chi connectivity index (χ3n) is 3.28. The van der Waals surface area contributed by atoms with Crippen LogP contribution in [0.5, 0.6) is 5.75 Å². The van der Waals surface area contributed by atoms with Gasteiger partial charge in [0.15, 0.2) is 5.69 Å². The van der Waals surface area contributed by atoms with Gasteiger partial charge in [-0.2, -0.15) is 0 Å². The van der Waals surface area contributed by atoms with E-state index >= 15 is 0 Å². The second-order valence-electron chi connectivity index (χ2n) is 4.87. The Hall–Kier alpha value is -2.41. The van der Waals surface area contributed by atoms with Gasteiger partial charge in [0.05, 0.1) is 17.9 Å². The van der Waals surface area contributed by atoms with E-state index in [4.69, 9.17) is 0 Å². The molecule has 7 heteroatoms. The summed E-state index contributed by atoms with van der Waals surface area (Å²) in [5.41, 5.74) is 1.55. The monoisotopic (exact) mass is 273 g/mol. The molecule has 3 N–H and O–H groups in total. The van der Waals surface area contributed by atoms with Crippen LogP contribution in [0.1, 0.15) is 22.1 Å². The van der Waals surface area contributed by atoms with Crippen molar-refractivity contribution in [1.82, 2.24) is 20.3 Å². The minimum Gasteiger partial charge on any atom is -0.506 e. The summed E-state index contributed by atoms with van der Waals surface area (Å²) in [6.07, 6.45) is 1.62. The van der Waals surface area contributed by atoms with Gasteiger partial charge < -0.3 is 15.7 Å². The number of hydrogen-bond donors (Lipinski definition) is 3. The first-order chi connectivity index (χ1) is 9.63. The zero-order chi connectivity index (χ0) is 14.1. The van der Waals surface area contributed by atoms with E-state index in [1.165, 1.54) is 0 Å². The van der Waals surface area contributed by atoms with Crippen molar-refractivity contribution in [2.45, 2.75) is 13.0 Å². The summed E-state index contributed by atoms with van der Waals surface area (Å²) in [7, 11) is 0.